The zero-order valence-electron chi connectivity index (χ0n) is 8.31. The molecular formula is C10H15N3O. The van der Waals surface area contributed by atoms with E-state index < -0.39 is 6.04 Å². The molecule has 1 aromatic rings. The first-order valence-corrected chi connectivity index (χ1v) is 4.63. The Kier molecular flexibility index (Phi) is 3.59. The summed E-state index contributed by atoms with van der Waals surface area (Å²) in [7, 11) is 0. The summed E-state index contributed by atoms with van der Waals surface area (Å²) in [5, 5.41) is 4.01. The molecule has 0 aliphatic heterocycles. The average Bonchev–Trinajstić information content (AvgIpc) is 2.64. The van der Waals surface area contributed by atoms with E-state index in [1.165, 1.54) is 0 Å². The van der Waals surface area contributed by atoms with Crippen molar-refractivity contribution >= 4 is 5.78 Å². The molecule has 2 N–H and O–H groups in total. The van der Waals surface area contributed by atoms with Crippen LogP contribution in [0.2, 0.25) is 0 Å². The van der Waals surface area contributed by atoms with Crippen molar-refractivity contribution in [2.24, 2.45) is 5.73 Å². The molecule has 0 aromatic carbocycles. The quantitative estimate of drug-likeness (QED) is 0.560. The van der Waals surface area contributed by atoms with Crippen LogP contribution in [0.5, 0.6) is 0 Å². The fraction of sp³-hybridized carbons (Fsp3) is 0.400. The van der Waals surface area contributed by atoms with Gasteiger partial charge in [0.25, 0.3) is 0 Å². The minimum atomic E-state index is -0.505. The minimum absolute atomic E-state index is 0.0794. The number of carbonyl (C=O) groups is 1. The molecule has 76 valence electrons. The van der Waals surface area contributed by atoms with Crippen LogP contribution >= 0.6 is 0 Å². The Labute approximate surface area is 83.4 Å². The van der Waals surface area contributed by atoms with Crippen LogP contribution < -0.4 is 5.73 Å². The largest absolute Gasteiger partial charge is 0.321 e. The van der Waals surface area contributed by atoms with Gasteiger partial charge in [-0.05, 0) is 19.4 Å². The Hall–Kier alpha value is -1.42. The van der Waals surface area contributed by atoms with Crippen molar-refractivity contribution in [2.75, 3.05) is 0 Å². The number of aromatic nitrogens is 2. The van der Waals surface area contributed by atoms with Crippen LogP contribution in [0.3, 0.4) is 0 Å². The molecule has 14 heavy (non-hydrogen) atoms. The lowest BCUT2D eigenvalue weighted by Crippen LogP contribution is -2.31. The summed E-state index contributed by atoms with van der Waals surface area (Å²) in [4.78, 5) is 11.7. The Morgan fingerprint density at radius 1 is 1.86 bits per heavy atom. The van der Waals surface area contributed by atoms with E-state index >= 15 is 0 Å². The molecule has 0 radical (unpaired) electrons. The summed E-state index contributed by atoms with van der Waals surface area (Å²) in [6.45, 7) is 6.16. The van der Waals surface area contributed by atoms with E-state index in [2.05, 4.69) is 11.7 Å². The fourth-order valence-electron chi connectivity index (χ4n) is 1.27. The van der Waals surface area contributed by atoms with E-state index in [0.29, 0.717) is 18.7 Å². The van der Waals surface area contributed by atoms with Gasteiger partial charge in [-0.25, -0.2) is 0 Å². The second-order valence-corrected chi connectivity index (χ2v) is 3.03. The van der Waals surface area contributed by atoms with Crippen molar-refractivity contribution in [2.45, 2.75) is 25.9 Å². The number of nitrogens with two attached hydrogens (primary N) is 1. The molecule has 0 fully saturated rings. The summed E-state index contributed by atoms with van der Waals surface area (Å²) in [6, 6.07) is 1.18. The SMILES string of the molecule is C=CCC(N)C(=O)c1ccnn1CC. The standard InChI is InChI=1S/C10H15N3O/c1-3-5-8(11)10(14)9-6-7-12-13(9)4-2/h3,6-8H,1,4-5,11H2,2H3. The number of nitrogens with zero attached hydrogens (tertiary/aromatic N) is 2. The number of ketones is 1. The van der Waals surface area contributed by atoms with Crippen LogP contribution in [0, 0.1) is 0 Å². The molecule has 4 heteroatoms. The van der Waals surface area contributed by atoms with Gasteiger partial charge in [0.05, 0.1) is 6.04 Å². The molecule has 1 heterocycles. The van der Waals surface area contributed by atoms with E-state index in [1.807, 2.05) is 6.92 Å². The number of aryl methyl sites for hydroxylation is 1. The average molecular weight is 193 g/mol. The topological polar surface area (TPSA) is 60.9 Å². The van der Waals surface area contributed by atoms with Crippen LogP contribution in [0.25, 0.3) is 0 Å². The highest BCUT2D eigenvalue weighted by molar-refractivity contribution is 5.98. The van der Waals surface area contributed by atoms with Crippen molar-refractivity contribution in [1.82, 2.24) is 9.78 Å². The first-order chi connectivity index (χ1) is 6.70. The van der Waals surface area contributed by atoms with Gasteiger partial charge in [0.1, 0.15) is 5.69 Å². The summed E-state index contributed by atoms with van der Waals surface area (Å²) in [6.07, 6.45) is 3.75. The van der Waals surface area contributed by atoms with Gasteiger partial charge in [-0.1, -0.05) is 6.08 Å². The van der Waals surface area contributed by atoms with E-state index in [-0.39, 0.29) is 5.78 Å². The number of hydrogen-bond acceptors (Lipinski definition) is 3. The third kappa shape index (κ3) is 2.09. The molecule has 0 aliphatic carbocycles. The molecule has 1 unspecified atom stereocenters. The third-order valence-corrected chi connectivity index (χ3v) is 2.03. The Morgan fingerprint density at radius 3 is 3.14 bits per heavy atom. The van der Waals surface area contributed by atoms with Gasteiger partial charge in [-0.3, -0.25) is 9.48 Å². The van der Waals surface area contributed by atoms with Crippen molar-refractivity contribution in [1.29, 1.82) is 0 Å². The van der Waals surface area contributed by atoms with Gasteiger partial charge in [0.15, 0.2) is 5.78 Å². The van der Waals surface area contributed by atoms with Gasteiger partial charge >= 0.3 is 0 Å². The number of hydrogen-bond donors (Lipinski definition) is 1. The van der Waals surface area contributed by atoms with Crippen LogP contribution in [0.4, 0.5) is 0 Å². The lowest BCUT2D eigenvalue weighted by molar-refractivity contribution is 0.0951. The summed E-state index contributed by atoms with van der Waals surface area (Å²) < 4.78 is 1.64. The second kappa shape index (κ2) is 4.72. The maximum absolute atomic E-state index is 11.7. The fourth-order valence-corrected chi connectivity index (χ4v) is 1.27. The molecule has 1 aromatic heterocycles. The van der Waals surface area contributed by atoms with Gasteiger partial charge in [0.2, 0.25) is 0 Å². The van der Waals surface area contributed by atoms with E-state index in [1.54, 1.807) is 23.0 Å². The van der Waals surface area contributed by atoms with Gasteiger partial charge < -0.3 is 5.73 Å². The van der Waals surface area contributed by atoms with Gasteiger partial charge in [-0.2, -0.15) is 5.10 Å². The molecule has 0 amide bonds. The Balaban J connectivity index is 2.83. The molecule has 1 rings (SSSR count). The highest BCUT2D eigenvalue weighted by atomic mass is 16.1. The number of Topliss-reactive ketones (excluding diaryl/α,β-unsaturated/α-hetero) is 1. The van der Waals surface area contributed by atoms with Crippen molar-refractivity contribution in [3.63, 3.8) is 0 Å². The normalized spacial score (nSPS) is 12.4. The molecular weight excluding hydrogens is 178 g/mol. The molecule has 1 atom stereocenters. The maximum Gasteiger partial charge on any atom is 0.197 e. The van der Waals surface area contributed by atoms with Crippen LogP contribution in [0.15, 0.2) is 24.9 Å². The molecule has 0 bridgehead atoms. The van der Waals surface area contributed by atoms with Crippen LogP contribution in [-0.4, -0.2) is 21.6 Å². The Morgan fingerprint density at radius 2 is 2.57 bits per heavy atom. The second-order valence-electron chi connectivity index (χ2n) is 3.03. The monoisotopic (exact) mass is 193 g/mol. The highest BCUT2D eigenvalue weighted by Gasteiger charge is 2.17. The smallest absolute Gasteiger partial charge is 0.197 e. The molecule has 0 saturated heterocycles. The molecule has 0 saturated carbocycles. The first-order valence-electron chi connectivity index (χ1n) is 4.63. The third-order valence-electron chi connectivity index (χ3n) is 2.03. The molecule has 0 spiro atoms. The lowest BCUT2D eigenvalue weighted by atomic mass is 10.1. The highest BCUT2D eigenvalue weighted by Crippen LogP contribution is 2.04. The minimum Gasteiger partial charge on any atom is -0.321 e. The predicted octanol–water partition coefficient (Wildman–Crippen LogP) is 0.989. The van der Waals surface area contributed by atoms with Crippen LogP contribution in [0.1, 0.15) is 23.8 Å². The summed E-state index contributed by atoms with van der Waals surface area (Å²) >= 11 is 0. The first kappa shape index (κ1) is 10.7. The lowest BCUT2D eigenvalue weighted by Gasteiger charge is -2.08. The van der Waals surface area contributed by atoms with Crippen molar-refractivity contribution < 1.29 is 4.79 Å². The molecule has 4 nitrogen and oxygen atoms in total. The summed E-state index contributed by atoms with van der Waals surface area (Å²) in [5.41, 5.74) is 6.25. The maximum atomic E-state index is 11.7. The summed E-state index contributed by atoms with van der Waals surface area (Å²) in [5.74, 6) is -0.0794. The zero-order valence-corrected chi connectivity index (χ0v) is 8.31. The van der Waals surface area contributed by atoms with Gasteiger partial charge in [0, 0.05) is 12.7 Å². The Bertz CT molecular complexity index is 330. The van der Waals surface area contributed by atoms with Crippen molar-refractivity contribution in [3.05, 3.63) is 30.6 Å². The predicted molar refractivity (Wildman–Crippen MR) is 55.0 cm³/mol. The van der Waals surface area contributed by atoms with Crippen molar-refractivity contribution in [3.8, 4) is 0 Å². The zero-order chi connectivity index (χ0) is 10.6. The number of rotatable bonds is 5. The number of carbonyl (C=O) groups excluding carboxylic acids is 1. The van der Waals surface area contributed by atoms with E-state index in [9.17, 15) is 4.79 Å². The van der Waals surface area contributed by atoms with Crippen LogP contribution in [-0.2, 0) is 6.54 Å². The van der Waals surface area contributed by atoms with E-state index in [4.69, 9.17) is 5.73 Å². The molecule has 0 aliphatic rings. The van der Waals surface area contributed by atoms with E-state index in [0.717, 1.165) is 0 Å². The van der Waals surface area contributed by atoms with Gasteiger partial charge in [-0.15, -0.1) is 6.58 Å².